The normalized spacial score (nSPS) is 19.2. The SMILES string of the molecule is C[C@@H](O)[C@H](NC(=O)N1CCC(CC(N)=O)CC1)C(=O)O. The number of piperidine rings is 1. The summed E-state index contributed by atoms with van der Waals surface area (Å²) >= 11 is 0. The van der Waals surface area contributed by atoms with E-state index in [4.69, 9.17) is 10.8 Å². The van der Waals surface area contributed by atoms with Gasteiger partial charge >= 0.3 is 12.0 Å². The third-order valence-electron chi connectivity index (χ3n) is 3.42. The number of urea groups is 1. The third kappa shape index (κ3) is 4.69. The summed E-state index contributed by atoms with van der Waals surface area (Å²) in [4.78, 5) is 35.1. The van der Waals surface area contributed by atoms with Gasteiger partial charge in [0.25, 0.3) is 0 Å². The number of aliphatic hydroxyl groups excluding tert-OH is 1. The van der Waals surface area contributed by atoms with Crippen LogP contribution in [0.25, 0.3) is 0 Å². The van der Waals surface area contributed by atoms with Gasteiger partial charge in [-0.25, -0.2) is 9.59 Å². The zero-order valence-corrected chi connectivity index (χ0v) is 11.4. The van der Waals surface area contributed by atoms with Crippen LogP contribution in [-0.2, 0) is 9.59 Å². The Balaban J connectivity index is 2.46. The molecule has 20 heavy (non-hydrogen) atoms. The summed E-state index contributed by atoms with van der Waals surface area (Å²) < 4.78 is 0. The molecule has 1 saturated heterocycles. The van der Waals surface area contributed by atoms with Crippen molar-refractivity contribution in [1.82, 2.24) is 10.2 Å². The number of nitrogens with zero attached hydrogens (tertiary/aromatic N) is 1. The first-order chi connectivity index (χ1) is 9.31. The van der Waals surface area contributed by atoms with E-state index in [-0.39, 0.29) is 11.8 Å². The first-order valence-electron chi connectivity index (χ1n) is 6.56. The topological polar surface area (TPSA) is 133 Å². The van der Waals surface area contributed by atoms with Crippen molar-refractivity contribution in [1.29, 1.82) is 0 Å². The van der Waals surface area contributed by atoms with Crippen LogP contribution < -0.4 is 11.1 Å². The summed E-state index contributed by atoms with van der Waals surface area (Å²) in [6.45, 7) is 2.18. The highest BCUT2D eigenvalue weighted by Crippen LogP contribution is 2.20. The number of hydrogen-bond acceptors (Lipinski definition) is 4. The van der Waals surface area contributed by atoms with Gasteiger partial charge in [-0.3, -0.25) is 4.79 Å². The van der Waals surface area contributed by atoms with Gasteiger partial charge < -0.3 is 26.2 Å². The molecule has 1 heterocycles. The first-order valence-corrected chi connectivity index (χ1v) is 6.56. The van der Waals surface area contributed by atoms with Crippen molar-refractivity contribution in [3.63, 3.8) is 0 Å². The highest BCUT2D eigenvalue weighted by Gasteiger charge is 2.29. The molecule has 3 amide bonds. The zero-order chi connectivity index (χ0) is 15.3. The lowest BCUT2D eigenvalue weighted by Crippen LogP contribution is -2.53. The van der Waals surface area contributed by atoms with Crippen molar-refractivity contribution < 1.29 is 24.6 Å². The van der Waals surface area contributed by atoms with Crippen LogP contribution in [0.4, 0.5) is 4.79 Å². The van der Waals surface area contributed by atoms with Gasteiger partial charge in [-0.1, -0.05) is 0 Å². The summed E-state index contributed by atoms with van der Waals surface area (Å²) in [6.07, 6.45) is 0.441. The summed E-state index contributed by atoms with van der Waals surface area (Å²) in [5.74, 6) is -1.46. The second-order valence-electron chi connectivity index (χ2n) is 5.11. The number of carboxylic acids is 1. The monoisotopic (exact) mass is 287 g/mol. The fraction of sp³-hybridized carbons (Fsp3) is 0.750. The highest BCUT2D eigenvalue weighted by molar-refractivity contribution is 5.83. The van der Waals surface area contributed by atoms with Gasteiger partial charge in [0, 0.05) is 19.5 Å². The molecule has 0 saturated carbocycles. The molecule has 0 aromatic heterocycles. The molecule has 0 unspecified atom stereocenters. The lowest BCUT2D eigenvalue weighted by atomic mass is 9.93. The quantitative estimate of drug-likeness (QED) is 0.521. The molecule has 0 radical (unpaired) electrons. The number of amides is 3. The van der Waals surface area contributed by atoms with Crippen molar-refractivity contribution in [2.75, 3.05) is 13.1 Å². The van der Waals surface area contributed by atoms with E-state index >= 15 is 0 Å². The van der Waals surface area contributed by atoms with E-state index in [0.29, 0.717) is 32.4 Å². The van der Waals surface area contributed by atoms with Crippen LogP contribution >= 0.6 is 0 Å². The number of carbonyl (C=O) groups excluding carboxylic acids is 2. The Morgan fingerprint density at radius 2 is 1.90 bits per heavy atom. The lowest BCUT2D eigenvalue weighted by Gasteiger charge is -2.32. The molecule has 8 heteroatoms. The Bertz CT molecular complexity index is 377. The fourth-order valence-electron chi connectivity index (χ4n) is 2.24. The van der Waals surface area contributed by atoms with Crippen LogP contribution in [0.2, 0.25) is 0 Å². The maximum absolute atomic E-state index is 11.9. The molecule has 5 N–H and O–H groups in total. The molecule has 0 aromatic carbocycles. The summed E-state index contributed by atoms with van der Waals surface area (Å²) in [7, 11) is 0. The summed E-state index contributed by atoms with van der Waals surface area (Å²) in [5, 5.41) is 20.5. The van der Waals surface area contributed by atoms with E-state index in [1.54, 1.807) is 0 Å². The molecule has 1 aliphatic rings. The second kappa shape index (κ2) is 7.09. The summed E-state index contributed by atoms with van der Waals surface area (Å²) in [5.41, 5.74) is 5.13. The predicted molar refractivity (Wildman–Crippen MR) is 69.7 cm³/mol. The minimum atomic E-state index is -1.33. The summed E-state index contributed by atoms with van der Waals surface area (Å²) in [6, 6.07) is -1.85. The van der Waals surface area contributed by atoms with Crippen molar-refractivity contribution >= 4 is 17.9 Å². The number of rotatable bonds is 5. The minimum absolute atomic E-state index is 0.170. The number of aliphatic carboxylic acids is 1. The van der Waals surface area contributed by atoms with Gasteiger partial charge in [0.1, 0.15) is 0 Å². The zero-order valence-electron chi connectivity index (χ0n) is 11.4. The van der Waals surface area contributed by atoms with Crippen LogP contribution in [0.3, 0.4) is 0 Å². The van der Waals surface area contributed by atoms with Crippen molar-refractivity contribution in [3.8, 4) is 0 Å². The van der Waals surface area contributed by atoms with Crippen molar-refractivity contribution in [2.24, 2.45) is 11.7 Å². The van der Waals surface area contributed by atoms with E-state index < -0.39 is 24.1 Å². The number of hydrogen-bond donors (Lipinski definition) is 4. The van der Waals surface area contributed by atoms with Crippen molar-refractivity contribution in [2.45, 2.75) is 38.3 Å². The number of carboxylic acid groups (broad SMARTS) is 1. The molecule has 8 nitrogen and oxygen atoms in total. The largest absolute Gasteiger partial charge is 0.480 e. The molecule has 0 aliphatic carbocycles. The predicted octanol–water partition coefficient (Wildman–Crippen LogP) is -0.883. The number of aliphatic hydroxyl groups is 1. The number of carbonyl (C=O) groups is 3. The van der Waals surface area contributed by atoms with E-state index in [0.717, 1.165) is 0 Å². The van der Waals surface area contributed by atoms with E-state index in [1.807, 2.05) is 0 Å². The van der Waals surface area contributed by atoms with Crippen molar-refractivity contribution in [3.05, 3.63) is 0 Å². The minimum Gasteiger partial charge on any atom is -0.480 e. The molecule has 1 fully saturated rings. The molecular formula is C12H21N3O5. The maximum Gasteiger partial charge on any atom is 0.328 e. The van der Waals surface area contributed by atoms with Gasteiger partial charge in [-0.15, -0.1) is 0 Å². The first kappa shape index (κ1) is 16.2. The van der Waals surface area contributed by atoms with Crippen LogP contribution in [0, 0.1) is 5.92 Å². The van der Waals surface area contributed by atoms with Gasteiger partial charge in [0.15, 0.2) is 6.04 Å². The van der Waals surface area contributed by atoms with Gasteiger partial charge in [-0.2, -0.15) is 0 Å². The fourth-order valence-corrected chi connectivity index (χ4v) is 2.24. The molecule has 114 valence electrons. The van der Waals surface area contributed by atoms with Crippen LogP contribution in [0.1, 0.15) is 26.2 Å². The molecule has 1 rings (SSSR count). The average Bonchev–Trinajstić information content (AvgIpc) is 2.35. The lowest BCUT2D eigenvalue weighted by molar-refractivity contribution is -0.141. The van der Waals surface area contributed by atoms with Crippen LogP contribution in [0.15, 0.2) is 0 Å². The highest BCUT2D eigenvalue weighted by atomic mass is 16.4. The van der Waals surface area contributed by atoms with Gasteiger partial charge in [0.05, 0.1) is 6.10 Å². The Kier molecular flexibility index (Phi) is 5.75. The molecule has 2 atom stereocenters. The van der Waals surface area contributed by atoms with Crippen LogP contribution in [0.5, 0.6) is 0 Å². The Morgan fingerprint density at radius 1 is 1.35 bits per heavy atom. The Labute approximate surface area is 116 Å². The molecule has 0 aromatic rings. The standard InChI is InChI=1S/C12H21N3O5/c1-7(16)10(11(18)19)14-12(20)15-4-2-8(3-5-15)6-9(13)17/h7-8,10,16H,2-6H2,1H3,(H2,13,17)(H,14,20)(H,18,19)/t7-,10+/m1/s1. The molecule has 0 bridgehead atoms. The molecule has 0 spiro atoms. The number of primary amides is 1. The Morgan fingerprint density at radius 3 is 2.30 bits per heavy atom. The molecular weight excluding hydrogens is 266 g/mol. The number of nitrogens with one attached hydrogen (secondary N) is 1. The van der Waals surface area contributed by atoms with E-state index in [9.17, 15) is 19.5 Å². The smallest absolute Gasteiger partial charge is 0.328 e. The Hall–Kier alpha value is -1.83. The number of likely N-dealkylation sites (tertiary alicyclic amines) is 1. The van der Waals surface area contributed by atoms with E-state index in [1.165, 1.54) is 11.8 Å². The third-order valence-corrected chi connectivity index (χ3v) is 3.42. The van der Waals surface area contributed by atoms with Crippen LogP contribution in [-0.4, -0.2) is 58.3 Å². The van der Waals surface area contributed by atoms with Gasteiger partial charge in [-0.05, 0) is 25.7 Å². The molecule has 1 aliphatic heterocycles. The number of nitrogens with two attached hydrogens (primary N) is 1. The maximum atomic E-state index is 11.9. The van der Waals surface area contributed by atoms with E-state index in [2.05, 4.69) is 5.32 Å². The van der Waals surface area contributed by atoms with Gasteiger partial charge in [0.2, 0.25) is 5.91 Å². The average molecular weight is 287 g/mol. The second-order valence-corrected chi connectivity index (χ2v) is 5.11.